The van der Waals surface area contributed by atoms with Crippen LogP contribution in [0.2, 0.25) is 5.02 Å². The molecule has 1 aliphatic rings. The van der Waals surface area contributed by atoms with Crippen molar-refractivity contribution >= 4 is 40.5 Å². The highest BCUT2D eigenvalue weighted by Crippen LogP contribution is 2.35. The lowest BCUT2D eigenvalue weighted by molar-refractivity contribution is 0.663. The minimum Gasteiger partial charge on any atom is -0.310 e. The molecule has 32 heavy (non-hydrogen) atoms. The van der Waals surface area contributed by atoms with Crippen molar-refractivity contribution in [2.45, 2.75) is 20.0 Å². The Morgan fingerprint density at radius 3 is 2.62 bits per heavy atom. The van der Waals surface area contributed by atoms with Crippen LogP contribution < -0.4 is 16.1 Å². The van der Waals surface area contributed by atoms with Crippen molar-refractivity contribution in [3.05, 3.63) is 91.6 Å². The van der Waals surface area contributed by atoms with Crippen LogP contribution in [0.4, 0.5) is 11.6 Å². The van der Waals surface area contributed by atoms with Gasteiger partial charge in [-0.15, -0.1) is 0 Å². The second kappa shape index (κ2) is 7.84. The van der Waals surface area contributed by atoms with Crippen molar-refractivity contribution in [3.63, 3.8) is 0 Å². The lowest BCUT2D eigenvalue weighted by Gasteiger charge is -2.19. The van der Waals surface area contributed by atoms with Crippen molar-refractivity contribution in [1.29, 1.82) is 0 Å². The van der Waals surface area contributed by atoms with E-state index in [2.05, 4.69) is 4.98 Å². The third-order valence-electron chi connectivity index (χ3n) is 5.93. The van der Waals surface area contributed by atoms with Gasteiger partial charge in [-0.2, -0.15) is 4.98 Å². The molecule has 0 saturated heterocycles. The van der Waals surface area contributed by atoms with Gasteiger partial charge in [0.1, 0.15) is 0 Å². The Morgan fingerprint density at radius 1 is 1.06 bits per heavy atom. The number of halogens is 1. The van der Waals surface area contributed by atoms with Gasteiger partial charge in [0.05, 0.1) is 0 Å². The number of benzene rings is 2. The van der Waals surface area contributed by atoms with Crippen LogP contribution in [0.25, 0.3) is 17.2 Å². The lowest BCUT2D eigenvalue weighted by atomic mass is 10.2. The standard InChI is InChI=1S/C24H22ClN5O2/c1-16-18(25)11-6-12-19(16)28-14-15-29-20-21(26-23(28)29)27(2)24(32)30(22(20)31)13-7-10-17-8-4-3-5-9-17/h3-12H,13-15H2,1-2H3/b10-7-. The molecule has 0 bridgehead atoms. The van der Waals surface area contributed by atoms with Gasteiger partial charge in [-0.05, 0) is 30.2 Å². The maximum absolute atomic E-state index is 13.3. The van der Waals surface area contributed by atoms with Crippen LogP contribution >= 0.6 is 11.6 Å². The van der Waals surface area contributed by atoms with Crippen molar-refractivity contribution in [1.82, 2.24) is 18.7 Å². The summed E-state index contributed by atoms with van der Waals surface area (Å²) in [6.07, 6.45) is 3.73. The molecule has 0 spiro atoms. The summed E-state index contributed by atoms with van der Waals surface area (Å²) < 4.78 is 4.60. The molecule has 4 aromatic rings. The zero-order valence-corrected chi connectivity index (χ0v) is 18.6. The molecule has 3 heterocycles. The molecule has 5 rings (SSSR count). The van der Waals surface area contributed by atoms with E-state index >= 15 is 0 Å². The van der Waals surface area contributed by atoms with E-state index < -0.39 is 0 Å². The molecule has 8 heteroatoms. The maximum Gasteiger partial charge on any atom is 0.332 e. The summed E-state index contributed by atoms with van der Waals surface area (Å²) in [5, 5.41) is 0.678. The zero-order valence-electron chi connectivity index (χ0n) is 17.8. The van der Waals surface area contributed by atoms with E-state index in [0.717, 1.165) is 16.8 Å². The van der Waals surface area contributed by atoms with E-state index in [1.807, 2.05) is 77.1 Å². The fourth-order valence-corrected chi connectivity index (χ4v) is 4.38. The van der Waals surface area contributed by atoms with Crippen molar-refractivity contribution < 1.29 is 0 Å². The van der Waals surface area contributed by atoms with Crippen LogP contribution in [-0.2, 0) is 20.1 Å². The highest BCUT2D eigenvalue weighted by molar-refractivity contribution is 6.31. The minimum atomic E-state index is -0.387. The Kier molecular flexibility index (Phi) is 4.98. The summed E-state index contributed by atoms with van der Waals surface area (Å²) in [7, 11) is 1.65. The second-order valence-corrected chi connectivity index (χ2v) is 8.25. The largest absolute Gasteiger partial charge is 0.332 e. The molecule has 2 aromatic carbocycles. The molecule has 0 radical (unpaired) electrons. The molecule has 0 atom stereocenters. The van der Waals surface area contributed by atoms with Gasteiger partial charge in [0.2, 0.25) is 5.95 Å². The molecule has 0 unspecified atom stereocenters. The van der Waals surface area contributed by atoms with E-state index in [0.29, 0.717) is 35.2 Å². The van der Waals surface area contributed by atoms with Crippen LogP contribution in [0.1, 0.15) is 11.1 Å². The number of aryl methyl sites for hydroxylation is 1. The van der Waals surface area contributed by atoms with Crippen LogP contribution in [0.5, 0.6) is 0 Å². The number of allylic oxidation sites excluding steroid dienone is 1. The first-order chi connectivity index (χ1) is 15.5. The number of aromatic nitrogens is 4. The van der Waals surface area contributed by atoms with Gasteiger partial charge in [-0.1, -0.05) is 60.2 Å². The highest BCUT2D eigenvalue weighted by Gasteiger charge is 2.29. The molecule has 0 aliphatic carbocycles. The highest BCUT2D eigenvalue weighted by atomic mass is 35.5. The Morgan fingerprint density at radius 2 is 1.84 bits per heavy atom. The second-order valence-electron chi connectivity index (χ2n) is 7.84. The molecule has 0 amide bonds. The topological polar surface area (TPSA) is 65.1 Å². The van der Waals surface area contributed by atoms with Gasteiger partial charge in [0.25, 0.3) is 5.56 Å². The van der Waals surface area contributed by atoms with Gasteiger partial charge in [0, 0.05) is 37.4 Å². The Labute approximate surface area is 189 Å². The Balaban J connectivity index is 1.60. The number of fused-ring (bicyclic) bond motifs is 3. The summed E-state index contributed by atoms with van der Waals surface area (Å²) in [6.45, 7) is 3.43. The lowest BCUT2D eigenvalue weighted by Crippen LogP contribution is -2.39. The first-order valence-corrected chi connectivity index (χ1v) is 10.8. The third-order valence-corrected chi connectivity index (χ3v) is 6.34. The molecular weight excluding hydrogens is 426 g/mol. The summed E-state index contributed by atoms with van der Waals surface area (Å²) in [6, 6.07) is 15.5. The Hall–Kier alpha value is -3.58. The number of hydrogen-bond acceptors (Lipinski definition) is 4. The van der Waals surface area contributed by atoms with Gasteiger partial charge in [-0.3, -0.25) is 13.9 Å². The SMILES string of the molecule is Cc1c(Cl)cccc1N1CCn2c1nc1c2c(=O)n(C/C=C\c2ccccc2)c(=O)n1C. The van der Waals surface area contributed by atoms with Crippen LogP contribution in [0.3, 0.4) is 0 Å². The quantitative estimate of drug-likeness (QED) is 0.478. The molecule has 0 fully saturated rings. The van der Waals surface area contributed by atoms with E-state index in [-0.39, 0.29) is 17.8 Å². The maximum atomic E-state index is 13.3. The third kappa shape index (κ3) is 3.17. The van der Waals surface area contributed by atoms with Gasteiger partial charge in [-0.25, -0.2) is 4.79 Å². The Bertz CT molecular complexity index is 1480. The number of anilines is 2. The first-order valence-electron chi connectivity index (χ1n) is 10.4. The molecule has 1 aliphatic heterocycles. The average molecular weight is 448 g/mol. The fraction of sp³-hybridized carbons (Fsp3) is 0.208. The molecule has 7 nitrogen and oxygen atoms in total. The van der Waals surface area contributed by atoms with E-state index in [1.165, 1.54) is 9.13 Å². The predicted octanol–water partition coefficient (Wildman–Crippen LogP) is 3.72. The summed E-state index contributed by atoms with van der Waals surface area (Å²) >= 11 is 6.32. The summed E-state index contributed by atoms with van der Waals surface area (Å²) in [5.74, 6) is 0.648. The molecule has 162 valence electrons. The number of nitrogens with zero attached hydrogens (tertiary/aromatic N) is 5. The van der Waals surface area contributed by atoms with E-state index in [9.17, 15) is 9.59 Å². The summed E-state index contributed by atoms with van der Waals surface area (Å²) in [4.78, 5) is 33.0. The van der Waals surface area contributed by atoms with Gasteiger partial charge >= 0.3 is 5.69 Å². The number of hydrogen-bond donors (Lipinski definition) is 0. The van der Waals surface area contributed by atoms with Crippen LogP contribution in [-0.4, -0.2) is 25.2 Å². The van der Waals surface area contributed by atoms with E-state index in [1.54, 1.807) is 7.05 Å². The fourth-order valence-electron chi connectivity index (χ4n) is 4.21. The first kappa shape index (κ1) is 20.3. The number of imidazole rings is 1. The molecule has 2 aromatic heterocycles. The minimum absolute atomic E-state index is 0.188. The zero-order chi connectivity index (χ0) is 22.4. The van der Waals surface area contributed by atoms with Gasteiger partial charge < -0.3 is 9.47 Å². The average Bonchev–Trinajstić information content (AvgIpc) is 3.37. The van der Waals surface area contributed by atoms with Gasteiger partial charge in [0.15, 0.2) is 11.2 Å². The van der Waals surface area contributed by atoms with Crippen molar-refractivity contribution in [2.24, 2.45) is 7.05 Å². The molecule has 0 N–H and O–H groups in total. The monoisotopic (exact) mass is 447 g/mol. The van der Waals surface area contributed by atoms with Crippen LogP contribution in [0, 0.1) is 6.92 Å². The van der Waals surface area contributed by atoms with Crippen molar-refractivity contribution in [2.75, 3.05) is 11.4 Å². The molecular formula is C24H22ClN5O2. The molecule has 0 saturated carbocycles. The number of rotatable bonds is 4. The summed E-state index contributed by atoms with van der Waals surface area (Å²) in [5.41, 5.74) is 3.03. The van der Waals surface area contributed by atoms with Crippen molar-refractivity contribution in [3.8, 4) is 0 Å². The van der Waals surface area contributed by atoms with Crippen LogP contribution in [0.15, 0.2) is 64.2 Å². The smallest absolute Gasteiger partial charge is 0.310 e. The predicted molar refractivity (Wildman–Crippen MR) is 128 cm³/mol. The van der Waals surface area contributed by atoms with E-state index in [4.69, 9.17) is 11.6 Å². The normalized spacial score (nSPS) is 13.4.